The molecule has 15 heavy (non-hydrogen) atoms. The van der Waals surface area contributed by atoms with Crippen LogP contribution in [0.5, 0.6) is 0 Å². The van der Waals surface area contributed by atoms with E-state index in [2.05, 4.69) is 9.98 Å². The average molecular weight is 265 g/mol. The van der Waals surface area contributed by atoms with Gasteiger partial charge in [-0.05, 0) is 0 Å². The van der Waals surface area contributed by atoms with Crippen LogP contribution in [-0.4, -0.2) is 50.6 Å². The van der Waals surface area contributed by atoms with Crippen molar-refractivity contribution in [3.05, 3.63) is 0 Å². The van der Waals surface area contributed by atoms with Gasteiger partial charge in [-0.15, -0.1) is 35.1 Å². The summed E-state index contributed by atoms with van der Waals surface area (Å²) in [5.41, 5.74) is 0. The predicted molar refractivity (Wildman–Crippen MR) is 65.7 cm³/mol. The van der Waals surface area contributed by atoms with Crippen molar-refractivity contribution in [3.63, 3.8) is 0 Å². The maximum absolute atomic E-state index is 10.7. The summed E-state index contributed by atoms with van der Waals surface area (Å²) in [4.78, 5) is 19.2. The summed E-state index contributed by atoms with van der Waals surface area (Å²) in [5, 5.41) is 10.6. The third kappa shape index (κ3) is 2.49. The number of carboxylic acid groups (broad SMARTS) is 1. The minimum Gasteiger partial charge on any atom is -0.480 e. The highest BCUT2D eigenvalue weighted by Crippen LogP contribution is 2.28. The van der Waals surface area contributed by atoms with Crippen LogP contribution in [-0.2, 0) is 4.79 Å². The zero-order valence-electron chi connectivity index (χ0n) is 7.72. The van der Waals surface area contributed by atoms with Gasteiger partial charge in [0.1, 0.15) is 6.04 Å². The highest BCUT2D eigenvalue weighted by molar-refractivity contribution is 8.16. The molecule has 0 aromatic carbocycles. The lowest BCUT2D eigenvalue weighted by molar-refractivity contribution is -0.137. The summed E-state index contributed by atoms with van der Waals surface area (Å²) in [5.74, 6) is 0.934. The Morgan fingerprint density at radius 3 is 2.80 bits per heavy atom. The zero-order chi connectivity index (χ0) is 10.8. The second-order valence-corrected chi connectivity index (χ2v) is 5.52. The first-order valence-corrected chi connectivity index (χ1v) is 6.90. The maximum Gasteiger partial charge on any atom is 0.329 e. The van der Waals surface area contributed by atoms with Crippen molar-refractivity contribution in [3.8, 4) is 0 Å². The second kappa shape index (κ2) is 4.76. The Kier molecular flexibility index (Phi) is 3.58. The molecule has 0 spiro atoms. The van der Waals surface area contributed by atoms with Crippen LogP contribution in [0.3, 0.4) is 0 Å². The van der Waals surface area contributed by atoms with Crippen molar-refractivity contribution in [2.24, 2.45) is 9.98 Å². The van der Waals surface area contributed by atoms with Crippen LogP contribution >= 0.6 is 35.1 Å². The van der Waals surface area contributed by atoms with Crippen LogP contribution in [0.2, 0.25) is 0 Å². The van der Waals surface area contributed by atoms with E-state index >= 15 is 0 Å². The summed E-state index contributed by atoms with van der Waals surface area (Å²) >= 11 is 8.78. The summed E-state index contributed by atoms with van der Waals surface area (Å²) in [6.07, 6.45) is 0. The molecule has 0 amide bonds. The van der Waals surface area contributed by atoms with Crippen molar-refractivity contribution in [1.82, 2.24) is 0 Å². The number of hydrogen-bond acceptors (Lipinski definition) is 5. The number of nitrogens with zero attached hydrogens (tertiary/aromatic N) is 2. The van der Waals surface area contributed by atoms with Gasteiger partial charge in [0.15, 0.2) is 6.04 Å². The molecule has 82 valence electrons. The molecular weight excluding hydrogens is 256 g/mol. The molecule has 2 rings (SSSR count). The Morgan fingerprint density at radius 2 is 2.27 bits per heavy atom. The lowest BCUT2D eigenvalue weighted by atomic mass is 10.3. The molecule has 2 aliphatic rings. The molecule has 2 atom stereocenters. The fraction of sp³-hybridized carbons (Fsp3) is 0.625. The van der Waals surface area contributed by atoms with E-state index in [0.717, 1.165) is 15.8 Å². The van der Waals surface area contributed by atoms with Gasteiger partial charge in [-0.3, -0.25) is 9.98 Å². The third-order valence-corrected chi connectivity index (χ3v) is 4.70. The van der Waals surface area contributed by atoms with Crippen LogP contribution in [0, 0.1) is 0 Å². The monoisotopic (exact) mass is 264 g/mol. The van der Waals surface area contributed by atoms with Gasteiger partial charge in [-0.1, -0.05) is 0 Å². The molecule has 0 bridgehead atoms. The Morgan fingerprint density at radius 1 is 1.47 bits per heavy atom. The molecule has 0 fully saturated rings. The number of carbonyl (C=O) groups is 1. The molecule has 2 heterocycles. The lowest BCUT2D eigenvalue weighted by Gasteiger charge is -2.02. The number of thioether (sulfide) groups is 2. The Labute approximate surface area is 101 Å². The van der Waals surface area contributed by atoms with E-state index in [-0.39, 0.29) is 6.04 Å². The Balaban J connectivity index is 2.04. The SMILES string of the molecule is O=C(O)C1CSC(C2CSC(CCl)=N2)=N1. The topological polar surface area (TPSA) is 62.0 Å². The average Bonchev–Trinajstić information content (AvgIpc) is 2.86. The molecule has 1 N–H and O–H groups in total. The number of alkyl halides is 1. The summed E-state index contributed by atoms with van der Waals surface area (Å²) in [7, 11) is 0. The molecule has 2 aliphatic heterocycles. The number of carboxylic acids is 1. The molecule has 0 aromatic heterocycles. The van der Waals surface area contributed by atoms with Crippen LogP contribution in [0.15, 0.2) is 9.98 Å². The second-order valence-electron chi connectivity index (χ2n) is 3.12. The summed E-state index contributed by atoms with van der Waals surface area (Å²) in [6, 6.07) is -0.566. The molecule has 4 nitrogen and oxygen atoms in total. The van der Waals surface area contributed by atoms with Gasteiger partial charge in [0.2, 0.25) is 0 Å². The molecule has 0 radical (unpaired) electrons. The van der Waals surface area contributed by atoms with Crippen molar-refractivity contribution >= 4 is 51.2 Å². The Hall–Kier alpha value is -0.200. The van der Waals surface area contributed by atoms with Gasteiger partial charge in [-0.2, -0.15) is 0 Å². The lowest BCUT2D eigenvalue weighted by Crippen LogP contribution is -2.18. The number of aliphatic carboxylic acids is 1. The number of aliphatic imine (C=N–C) groups is 2. The standard InChI is InChI=1S/C8H9ClN2O2S2/c9-1-6-10-4(2-14-6)7-11-5(3-15-7)8(12)13/h4-5H,1-3H2,(H,12,13). The van der Waals surface area contributed by atoms with E-state index in [1.54, 1.807) is 11.8 Å². The van der Waals surface area contributed by atoms with Crippen LogP contribution in [0.25, 0.3) is 0 Å². The molecule has 2 unspecified atom stereocenters. The quantitative estimate of drug-likeness (QED) is 0.782. The maximum atomic E-state index is 10.7. The minimum atomic E-state index is -0.857. The molecule has 0 aliphatic carbocycles. The van der Waals surface area contributed by atoms with Gasteiger partial charge in [0, 0.05) is 11.5 Å². The van der Waals surface area contributed by atoms with Gasteiger partial charge < -0.3 is 5.11 Å². The first kappa shape index (κ1) is 11.3. The van der Waals surface area contributed by atoms with Gasteiger partial charge >= 0.3 is 5.97 Å². The van der Waals surface area contributed by atoms with Crippen LogP contribution < -0.4 is 0 Å². The number of halogens is 1. The first-order valence-electron chi connectivity index (χ1n) is 4.39. The predicted octanol–water partition coefficient (Wildman–Crippen LogP) is 1.34. The van der Waals surface area contributed by atoms with E-state index in [4.69, 9.17) is 16.7 Å². The number of hydrogen-bond donors (Lipinski definition) is 1. The Bertz CT molecular complexity index is 346. The molecule has 7 heteroatoms. The van der Waals surface area contributed by atoms with Gasteiger partial charge in [-0.25, -0.2) is 4.79 Å². The third-order valence-electron chi connectivity index (χ3n) is 2.06. The largest absolute Gasteiger partial charge is 0.480 e. The number of rotatable bonds is 3. The van der Waals surface area contributed by atoms with E-state index in [1.165, 1.54) is 11.8 Å². The molecule has 0 saturated heterocycles. The van der Waals surface area contributed by atoms with Crippen molar-refractivity contribution in [2.75, 3.05) is 17.4 Å². The van der Waals surface area contributed by atoms with Crippen molar-refractivity contribution in [2.45, 2.75) is 12.1 Å². The normalized spacial score (nSPS) is 30.2. The highest BCUT2D eigenvalue weighted by atomic mass is 35.5. The molecular formula is C8H9ClN2O2S2. The summed E-state index contributed by atoms with van der Waals surface area (Å²) < 4.78 is 0. The fourth-order valence-corrected chi connectivity index (χ4v) is 3.67. The van der Waals surface area contributed by atoms with Crippen molar-refractivity contribution in [1.29, 1.82) is 0 Å². The summed E-state index contributed by atoms with van der Waals surface area (Å²) in [6.45, 7) is 0. The van der Waals surface area contributed by atoms with E-state index in [0.29, 0.717) is 11.6 Å². The fourth-order valence-electron chi connectivity index (χ4n) is 1.32. The zero-order valence-corrected chi connectivity index (χ0v) is 10.1. The minimum absolute atomic E-state index is 0.0260. The smallest absolute Gasteiger partial charge is 0.329 e. The molecule has 0 aromatic rings. The van der Waals surface area contributed by atoms with Gasteiger partial charge in [0.25, 0.3) is 0 Å². The first-order chi connectivity index (χ1) is 7.20. The van der Waals surface area contributed by atoms with Crippen LogP contribution in [0.4, 0.5) is 0 Å². The van der Waals surface area contributed by atoms with Crippen molar-refractivity contribution < 1.29 is 9.90 Å². The van der Waals surface area contributed by atoms with Crippen LogP contribution in [0.1, 0.15) is 0 Å². The van der Waals surface area contributed by atoms with E-state index < -0.39 is 12.0 Å². The van der Waals surface area contributed by atoms with E-state index in [1.807, 2.05) is 0 Å². The van der Waals surface area contributed by atoms with E-state index in [9.17, 15) is 4.79 Å². The van der Waals surface area contributed by atoms with Gasteiger partial charge in [0.05, 0.1) is 16.0 Å². The highest BCUT2D eigenvalue weighted by Gasteiger charge is 2.31. The molecule has 0 saturated carbocycles.